The third-order valence-electron chi connectivity index (χ3n) is 6.74. The highest BCUT2D eigenvalue weighted by atomic mass is 32.1. The second-order valence-corrected chi connectivity index (χ2v) is 11.9. The topological polar surface area (TPSA) is 136 Å². The number of aromatic nitrogens is 4. The van der Waals surface area contributed by atoms with Gasteiger partial charge >= 0.3 is 0 Å². The molecule has 0 spiro atoms. The summed E-state index contributed by atoms with van der Waals surface area (Å²) in [5.74, 6) is 0.286. The molecule has 1 fully saturated rings. The van der Waals surface area contributed by atoms with Crippen LogP contribution in [0.25, 0.3) is 20.8 Å². The summed E-state index contributed by atoms with van der Waals surface area (Å²) in [7, 11) is 0. The molecule has 4 aromatic heterocycles. The Morgan fingerprint density at radius 2 is 1.97 bits per heavy atom. The SMILES string of the molecule is Cc1nc(NCc2cccs2)nc(NC2(O)CCC(C(C)(C)O)C2O)c1-c1nc2c(C)nccc2s1. The number of fused-ring (bicyclic) bond motifs is 1. The number of hydrogen-bond donors (Lipinski definition) is 5. The molecular formula is C25H30N6O3S2. The molecule has 0 saturated heterocycles. The fourth-order valence-corrected chi connectivity index (χ4v) is 6.52. The first-order chi connectivity index (χ1) is 17.0. The highest BCUT2D eigenvalue weighted by Gasteiger charge is 2.52. The van der Waals surface area contributed by atoms with E-state index in [0.29, 0.717) is 41.0 Å². The number of anilines is 2. The van der Waals surface area contributed by atoms with Crippen molar-refractivity contribution in [1.29, 1.82) is 0 Å². The summed E-state index contributed by atoms with van der Waals surface area (Å²) in [5.41, 5.74) is 0.172. The first-order valence-electron chi connectivity index (χ1n) is 11.8. The van der Waals surface area contributed by atoms with Gasteiger partial charge in [0.1, 0.15) is 22.4 Å². The van der Waals surface area contributed by atoms with E-state index in [1.54, 1.807) is 31.4 Å². The van der Waals surface area contributed by atoms with E-state index in [1.807, 2.05) is 37.4 Å². The van der Waals surface area contributed by atoms with Gasteiger partial charge in [-0.2, -0.15) is 4.98 Å². The number of rotatable bonds is 7. The lowest BCUT2D eigenvalue weighted by Gasteiger charge is -2.34. The van der Waals surface area contributed by atoms with E-state index in [4.69, 9.17) is 9.97 Å². The molecule has 3 atom stereocenters. The minimum atomic E-state index is -1.67. The lowest BCUT2D eigenvalue weighted by atomic mass is 9.87. The van der Waals surface area contributed by atoms with Gasteiger partial charge in [-0.15, -0.1) is 22.7 Å². The van der Waals surface area contributed by atoms with Crippen LogP contribution in [0.4, 0.5) is 11.8 Å². The van der Waals surface area contributed by atoms with Crippen LogP contribution >= 0.6 is 22.7 Å². The van der Waals surface area contributed by atoms with Crippen LogP contribution in [-0.2, 0) is 6.54 Å². The van der Waals surface area contributed by atoms with Crippen LogP contribution in [0, 0.1) is 19.8 Å². The van der Waals surface area contributed by atoms with E-state index in [-0.39, 0.29) is 6.42 Å². The van der Waals surface area contributed by atoms with E-state index in [2.05, 4.69) is 20.6 Å². The zero-order valence-electron chi connectivity index (χ0n) is 20.6. The molecule has 1 saturated carbocycles. The van der Waals surface area contributed by atoms with Crippen molar-refractivity contribution in [2.24, 2.45) is 5.92 Å². The second kappa shape index (κ2) is 9.31. The summed E-state index contributed by atoms with van der Waals surface area (Å²) in [6.45, 7) is 7.66. The van der Waals surface area contributed by atoms with Crippen molar-refractivity contribution in [2.45, 2.75) is 64.5 Å². The summed E-state index contributed by atoms with van der Waals surface area (Å²) in [5, 5.41) is 42.1. The summed E-state index contributed by atoms with van der Waals surface area (Å²) < 4.78 is 0.990. The van der Waals surface area contributed by atoms with Gasteiger partial charge in [0.15, 0.2) is 5.72 Å². The Hall–Kier alpha value is -2.70. The van der Waals surface area contributed by atoms with Gasteiger partial charge in [-0.1, -0.05) is 6.07 Å². The third kappa shape index (κ3) is 4.69. The molecular weight excluding hydrogens is 496 g/mol. The number of thiophene rings is 1. The Morgan fingerprint density at radius 3 is 2.64 bits per heavy atom. The molecule has 3 unspecified atom stereocenters. The molecule has 1 aliphatic carbocycles. The number of nitrogens with zero attached hydrogens (tertiary/aromatic N) is 4. The molecule has 5 rings (SSSR count). The third-order valence-corrected chi connectivity index (χ3v) is 8.66. The van der Waals surface area contributed by atoms with Gasteiger partial charge in [-0.25, -0.2) is 9.97 Å². The summed E-state index contributed by atoms with van der Waals surface area (Å²) in [4.78, 5) is 19.7. The predicted octanol–water partition coefficient (Wildman–Crippen LogP) is 4.08. The molecule has 9 nitrogen and oxygen atoms in total. The number of aliphatic hydroxyl groups is 3. The number of thiazole rings is 1. The van der Waals surface area contributed by atoms with Gasteiger partial charge in [-0.3, -0.25) is 4.98 Å². The highest BCUT2D eigenvalue weighted by molar-refractivity contribution is 7.21. The van der Waals surface area contributed by atoms with Crippen molar-refractivity contribution in [3.8, 4) is 10.6 Å². The van der Waals surface area contributed by atoms with E-state index in [1.165, 1.54) is 11.3 Å². The molecule has 190 valence electrons. The molecule has 0 amide bonds. The molecule has 4 aromatic rings. The molecule has 1 aliphatic rings. The Labute approximate surface area is 217 Å². The zero-order chi connectivity index (χ0) is 25.7. The standard InChI is InChI=1S/C25H30N6O3S2/c1-13-18(22-29-19-14(2)26-10-8-17(19)36-22)21(30-23(28-13)27-12-15-6-5-11-35-15)31-25(34)9-7-16(20(25)32)24(3,4)33/h5-6,8,10-11,16,20,32-34H,7,9,12H2,1-4H3,(H2,27,28,30,31). The van der Waals surface area contributed by atoms with Gasteiger partial charge in [0.2, 0.25) is 5.95 Å². The summed E-state index contributed by atoms with van der Waals surface area (Å²) in [6, 6.07) is 5.94. The number of pyridine rings is 1. The molecule has 0 aliphatic heterocycles. The molecule has 36 heavy (non-hydrogen) atoms. The normalized spacial score (nSPS) is 22.3. The highest BCUT2D eigenvalue weighted by Crippen LogP contribution is 2.43. The average molecular weight is 527 g/mol. The van der Waals surface area contributed by atoms with Crippen LogP contribution in [0.15, 0.2) is 29.8 Å². The fraction of sp³-hybridized carbons (Fsp3) is 0.440. The fourth-order valence-electron chi connectivity index (χ4n) is 4.76. The van der Waals surface area contributed by atoms with Gasteiger partial charge < -0.3 is 26.0 Å². The van der Waals surface area contributed by atoms with Gasteiger partial charge in [0, 0.05) is 17.0 Å². The predicted molar refractivity (Wildman–Crippen MR) is 143 cm³/mol. The number of nitrogens with one attached hydrogen (secondary N) is 2. The van der Waals surface area contributed by atoms with E-state index < -0.39 is 23.3 Å². The van der Waals surface area contributed by atoms with Crippen molar-refractivity contribution in [2.75, 3.05) is 10.6 Å². The van der Waals surface area contributed by atoms with Crippen molar-refractivity contribution < 1.29 is 15.3 Å². The Morgan fingerprint density at radius 1 is 1.17 bits per heavy atom. The number of aliphatic hydroxyl groups excluding tert-OH is 1. The van der Waals surface area contributed by atoms with Crippen LogP contribution < -0.4 is 10.6 Å². The maximum absolute atomic E-state index is 11.5. The van der Waals surface area contributed by atoms with Gasteiger partial charge in [0.25, 0.3) is 0 Å². The minimum absolute atomic E-state index is 0.256. The van der Waals surface area contributed by atoms with Crippen molar-refractivity contribution in [3.63, 3.8) is 0 Å². The van der Waals surface area contributed by atoms with E-state index >= 15 is 0 Å². The monoisotopic (exact) mass is 526 g/mol. The van der Waals surface area contributed by atoms with E-state index in [0.717, 1.165) is 20.8 Å². The molecule has 5 N–H and O–H groups in total. The lowest BCUT2D eigenvalue weighted by Crippen LogP contribution is -2.51. The Bertz CT molecular complexity index is 1380. The second-order valence-electron chi connectivity index (χ2n) is 9.84. The lowest BCUT2D eigenvalue weighted by molar-refractivity contribution is -0.0926. The quantitative estimate of drug-likeness (QED) is 0.226. The van der Waals surface area contributed by atoms with E-state index in [9.17, 15) is 15.3 Å². The van der Waals surface area contributed by atoms with Crippen LogP contribution in [0.1, 0.15) is 43.0 Å². The maximum Gasteiger partial charge on any atom is 0.225 e. The summed E-state index contributed by atoms with van der Waals surface area (Å²) >= 11 is 3.14. The largest absolute Gasteiger partial charge is 0.390 e. The molecule has 0 aromatic carbocycles. The van der Waals surface area contributed by atoms with Crippen molar-refractivity contribution in [3.05, 3.63) is 46.0 Å². The maximum atomic E-state index is 11.5. The van der Waals surface area contributed by atoms with Crippen molar-refractivity contribution >= 4 is 44.7 Å². The Balaban J connectivity index is 1.56. The number of aryl methyl sites for hydroxylation is 2. The first kappa shape index (κ1) is 25.0. The van der Waals surface area contributed by atoms with Gasteiger partial charge in [-0.05, 0) is 58.0 Å². The molecule has 4 heterocycles. The number of hydrogen-bond acceptors (Lipinski definition) is 11. The smallest absolute Gasteiger partial charge is 0.225 e. The van der Waals surface area contributed by atoms with Crippen LogP contribution in [0.3, 0.4) is 0 Å². The van der Waals surface area contributed by atoms with Crippen LogP contribution in [0.2, 0.25) is 0 Å². The zero-order valence-corrected chi connectivity index (χ0v) is 22.2. The summed E-state index contributed by atoms with van der Waals surface area (Å²) in [6.07, 6.45) is 1.29. The van der Waals surface area contributed by atoms with Crippen molar-refractivity contribution in [1.82, 2.24) is 19.9 Å². The molecule has 0 bridgehead atoms. The van der Waals surface area contributed by atoms with Gasteiger partial charge in [0.05, 0.1) is 33.8 Å². The molecule has 0 radical (unpaired) electrons. The van der Waals surface area contributed by atoms with Crippen LogP contribution in [-0.4, -0.2) is 52.7 Å². The molecule has 11 heteroatoms. The van der Waals surface area contributed by atoms with Crippen LogP contribution in [0.5, 0.6) is 0 Å². The minimum Gasteiger partial charge on any atom is -0.390 e. The first-order valence-corrected chi connectivity index (χ1v) is 13.5. The average Bonchev–Trinajstić information content (AvgIpc) is 3.52. The Kier molecular flexibility index (Phi) is 6.46.